The highest BCUT2D eigenvalue weighted by Gasteiger charge is 2.21. The quantitative estimate of drug-likeness (QED) is 0.720. The zero-order chi connectivity index (χ0) is 13.5. The standard InChI is InChI=1S/C16H26N2O/c1-18(9-7-17-8-10-19-2)13-14-11-15-5-3-4-6-16(15)12-14/h3-6,14,17H,7-13H2,1-2H3. The van der Waals surface area contributed by atoms with Gasteiger partial charge in [0, 0.05) is 33.3 Å². The van der Waals surface area contributed by atoms with Crippen LogP contribution in [0.1, 0.15) is 11.1 Å². The van der Waals surface area contributed by atoms with Crippen molar-refractivity contribution in [3.63, 3.8) is 0 Å². The van der Waals surface area contributed by atoms with Gasteiger partial charge in [-0.25, -0.2) is 0 Å². The van der Waals surface area contributed by atoms with Crippen molar-refractivity contribution in [1.29, 1.82) is 0 Å². The smallest absolute Gasteiger partial charge is 0.0587 e. The third kappa shape index (κ3) is 4.60. The Bertz CT molecular complexity index is 356. The molecule has 3 heteroatoms. The van der Waals surface area contributed by atoms with Crippen LogP contribution in [0, 0.1) is 5.92 Å². The van der Waals surface area contributed by atoms with Gasteiger partial charge in [0.05, 0.1) is 6.61 Å². The lowest BCUT2D eigenvalue weighted by Gasteiger charge is -2.20. The third-order valence-corrected chi connectivity index (χ3v) is 3.86. The molecular formula is C16H26N2O. The van der Waals surface area contributed by atoms with Gasteiger partial charge in [0.2, 0.25) is 0 Å². The maximum absolute atomic E-state index is 5.02. The number of rotatable bonds is 8. The summed E-state index contributed by atoms with van der Waals surface area (Å²) in [5, 5.41) is 3.39. The van der Waals surface area contributed by atoms with E-state index in [1.54, 1.807) is 18.2 Å². The Morgan fingerprint density at radius 3 is 2.53 bits per heavy atom. The first kappa shape index (κ1) is 14.5. The molecule has 0 radical (unpaired) electrons. The van der Waals surface area contributed by atoms with Crippen molar-refractivity contribution in [1.82, 2.24) is 10.2 Å². The maximum Gasteiger partial charge on any atom is 0.0587 e. The fourth-order valence-corrected chi connectivity index (χ4v) is 2.88. The highest BCUT2D eigenvalue weighted by molar-refractivity contribution is 5.32. The second kappa shape index (κ2) is 7.63. The van der Waals surface area contributed by atoms with Crippen LogP contribution in [0.5, 0.6) is 0 Å². The lowest BCUT2D eigenvalue weighted by atomic mass is 10.1. The monoisotopic (exact) mass is 262 g/mol. The Balaban J connectivity index is 1.63. The van der Waals surface area contributed by atoms with Gasteiger partial charge in [-0.1, -0.05) is 24.3 Å². The Morgan fingerprint density at radius 2 is 1.89 bits per heavy atom. The van der Waals surface area contributed by atoms with E-state index in [1.165, 1.54) is 19.4 Å². The van der Waals surface area contributed by atoms with Crippen LogP contribution >= 0.6 is 0 Å². The molecule has 0 fully saturated rings. The summed E-state index contributed by atoms with van der Waals surface area (Å²) in [6, 6.07) is 8.87. The molecule has 0 unspecified atom stereocenters. The molecule has 19 heavy (non-hydrogen) atoms. The molecule has 0 amide bonds. The summed E-state index contributed by atoms with van der Waals surface area (Å²) in [6.45, 7) is 5.08. The normalized spacial score (nSPS) is 15.1. The number of nitrogens with one attached hydrogen (secondary N) is 1. The van der Waals surface area contributed by atoms with Gasteiger partial charge in [-0.05, 0) is 36.9 Å². The molecule has 106 valence electrons. The molecule has 1 aliphatic rings. The fourth-order valence-electron chi connectivity index (χ4n) is 2.88. The summed E-state index contributed by atoms with van der Waals surface area (Å²) in [4.78, 5) is 2.44. The maximum atomic E-state index is 5.02. The number of fused-ring (bicyclic) bond motifs is 1. The van der Waals surface area contributed by atoms with Crippen LogP contribution in [-0.4, -0.2) is 51.8 Å². The van der Waals surface area contributed by atoms with Crippen molar-refractivity contribution in [3.8, 4) is 0 Å². The van der Waals surface area contributed by atoms with E-state index in [1.807, 2.05) is 0 Å². The number of methoxy groups -OCH3 is 1. The second-order valence-electron chi connectivity index (χ2n) is 5.55. The van der Waals surface area contributed by atoms with Crippen LogP contribution in [0.25, 0.3) is 0 Å². The van der Waals surface area contributed by atoms with E-state index in [0.29, 0.717) is 0 Å². The minimum Gasteiger partial charge on any atom is -0.383 e. The summed E-state index contributed by atoms with van der Waals surface area (Å²) in [6.07, 6.45) is 2.50. The van der Waals surface area contributed by atoms with E-state index in [9.17, 15) is 0 Å². The first-order valence-corrected chi connectivity index (χ1v) is 7.24. The average Bonchev–Trinajstić information content (AvgIpc) is 2.80. The molecule has 0 aliphatic heterocycles. The summed E-state index contributed by atoms with van der Waals surface area (Å²) >= 11 is 0. The van der Waals surface area contributed by atoms with Gasteiger partial charge in [-0.2, -0.15) is 0 Å². The zero-order valence-electron chi connectivity index (χ0n) is 12.2. The van der Waals surface area contributed by atoms with E-state index >= 15 is 0 Å². The average molecular weight is 262 g/mol. The first-order chi connectivity index (χ1) is 9.29. The Morgan fingerprint density at radius 1 is 1.21 bits per heavy atom. The highest BCUT2D eigenvalue weighted by Crippen LogP contribution is 2.26. The summed E-state index contributed by atoms with van der Waals surface area (Å²) in [5.74, 6) is 0.793. The molecule has 0 bridgehead atoms. The van der Waals surface area contributed by atoms with Crippen LogP contribution in [-0.2, 0) is 17.6 Å². The molecule has 0 aromatic heterocycles. The number of nitrogens with zero attached hydrogens (tertiary/aromatic N) is 1. The molecule has 1 N–H and O–H groups in total. The minimum absolute atomic E-state index is 0.793. The molecule has 1 aromatic rings. The summed E-state index contributed by atoms with van der Waals surface area (Å²) in [7, 11) is 3.96. The molecule has 1 aromatic carbocycles. The highest BCUT2D eigenvalue weighted by atomic mass is 16.5. The van der Waals surface area contributed by atoms with Gasteiger partial charge in [0.1, 0.15) is 0 Å². The molecular weight excluding hydrogens is 236 g/mol. The molecule has 0 saturated carbocycles. The Kier molecular flexibility index (Phi) is 5.83. The largest absolute Gasteiger partial charge is 0.383 e. The molecule has 0 heterocycles. The molecule has 0 atom stereocenters. The van der Waals surface area contributed by atoms with Crippen LogP contribution in [0.2, 0.25) is 0 Å². The Labute approximate surface area is 116 Å². The minimum atomic E-state index is 0.793. The van der Waals surface area contributed by atoms with Crippen molar-refractivity contribution in [2.75, 3.05) is 46.9 Å². The fraction of sp³-hybridized carbons (Fsp3) is 0.625. The van der Waals surface area contributed by atoms with Crippen LogP contribution < -0.4 is 5.32 Å². The first-order valence-electron chi connectivity index (χ1n) is 7.24. The van der Waals surface area contributed by atoms with Crippen molar-refractivity contribution in [3.05, 3.63) is 35.4 Å². The predicted molar refractivity (Wildman–Crippen MR) is 79.6 cm³/mol. The second-order valence-corrected chi connectivity index (χ2v) is 5.55. The van der Waals surface area contributed by atoms with Gasteiger partial charge < -0.3 is 15.0 Å². The number of hydrogen-bond donors (Lipinski definition) is 1. The van der Waals surface area contributed by atoms with Gasteiger partial charge in [-0.3, -0.25) is 0 Å². The van der Waals surface area contributed by atoms with E-state index in [-0.39, 0.29) is 0 Å². The van der Waals surface area contributed by atoms with Gasteiger partial charge in [-0.15, -0.1) is 0 Å². The van der Waals surface area contributed by atoms with Crippen molar-refractivity contribution < 1.29 is 4.74 Å². The molecule has 3 nitrogen and oxygen atoms in total. The summed E-state index contributed by atoms with van der Waals surface area (Å²) < 4.78 is 5.02. The number of hydrogen-bond acceptors (Lipinski definition) is 3. The molecule has 1 aliphatic carbocycles. The van der Waals surface area contributed by atoms with Crippen LogP contribution in [0.3, 0.4) is 0 Å². The Hall–Kier alpha value is -0.900. The van der Waals surface area contributed by atoms with E-state index in [2.05, 4.69) is 41.5 Å². The van der Waals surface area contributed by atoms with Gasteiger partial charge in [0.15, 0.2) is 0 Å². The lowest BCUT2D eigenvalue weighted by Crippen LogP contribution is -2.34. The summed E-state index contributed by atoms with van der Waals surface area (Å²) in [5.41, 5.74) is 3.11. The zero-order valence-corrected chi connectivity index (χ0v) is 12.2. The van der Waals surface area contributed by atoms with Crippen LogP contribution in [0.15, 0.2) is 24.3 Å². The lowest BCUT2D eigenvalue weighted by molar-refractivity contribution is 0.197. The van der Waals surface area contributed by atoms with Gasteiger partial charge in [0.25, 0.3) is 0 Å². The predicted octanol–water partition coefficient (Wildman–Crippen LogP) is 1.57. The van der Waals surface area contributed by atoms with E-state index in [4.69, 9.17) is 4.74 Å². The topological polar surface area (TPSA) is 24.5 Å². The molecule has 2 rings (SSSR count). The van der Waals surface area contributed by atoms with Crippen molar-refractivity contribution in [2.45, 2.75) is 12.8 Å². The van der Waals surface area contributed by atoms with Crippen molar-refractivity contribution >= 4 is 0 Å². The van der Waals surface area contributed by atoms with Crippen LogP contribution in [0.4, 0.5) is 0 Å². The SMILES string of the molecule is COCCNCCN(C)CC1Cc2ccccc2C1. The third-order valence-electron chi connectivity index (χ3n) is 3.86. The molecule has 0 saturated heterocycles. The molecule has 0 spiro atoms. The number of likely N-dealkylation sites (N-methyl/N-ethyl adjacent to an activating group) is 1. The number of ether oxygens (including phenoxy) is 1. The van der Waals surface area contributed by atoms with Crippen molar-refractivity contribution in [2.24, 2.45) is 5.92 Å². The van der Waals surface area contributed by atoms with E-state index < -0.39 is 0 Å². The number of benzene rings is 1. The van der Waals surface area contributed by atoms with E-state index in [0.717, 1.165) is 32.2 Å². The van der Waals surface area contributed by atoms with Gasteiger partial charge >= 0.3 is 0 Å².